The molecule has 2 aliphatic heterocycles. The third-order valence-corrected chi connectivity index (χ3v) is 6.50. The Hall–Kier alpha value is -2.44. The molecule has 31 heavy (non-hydrogen) atoms. The molecule has 0 N–H and O–H groups in total. The predicted molar refractivity (Wildman–Crippen MR) is 119 cm³/mol. The van der Waals surface area contributed by atoms with Crippen LogP contribution < -0.4 is 4.74 Å². The minimum atomic E-state index is -0.246. The van der Waals surface area contributed by atoms with Gasteiger partial charge in [-0.1, -0.05) is 24.3 Å². The highest BCUT2D eigenvalue weighted by molar-refractivity contribution is 5.76. The SMILES string of the molecule is COc1cccc(CN2CCN(C3CCC(=O)N(Cc4cccc(F)c4)CC3)CC2)c1. The van der Waals surface area contributed by atoms with Crippen LogP contribution in [0.3, 0.4) is 0 Å². The summed E-state index contributed by atoms with van der Waals surface area (Å²) in [5.74, 6) is 0.843. The molecule has 166 valence electrons. The van der Waals surface area contributed by atoms with Gasteiger partial charge in [0.1, 0.15) is 11.6 Å². The minimum Gasteiger partial charge on any atom is -0.497 e. The molecular weight excluding hydrogens is 393 g/mol. The first kappa shape index (κ1) is 21.8. The largest absolute Gasteiger partial charge is 0.497 e. The average molecular weight is 426 g/mol. The Morgan fingerprint density at radius 1 is 0.935 bits per heavy atom. The van der Waals surface area contributed by atoms with E-state index >= 15 is 0 Å². The van der Waals surface area contributed by atoms with Crippen LogP contribution >= 0.6 is 0 Å². The number of hydrogen-bond acceptors (Lipinski definition) is 4. The molecule has 2 heterocycles. The van der Waals surface area contributed by atoms with Crippen LogP contribution in [0.15, 0.2) is 48.5 Å². The minimum absolute atomic E-state index is 0.184. The van der Waals surface area contributed by atoms with Gasteiger partial charge in [-0.2, -0.15) is 0 Å². The van der Waals surface area contributed by atoms with Crippen LogP contribution in [0.2, 0.25) is 0 Å². The molecule has 0 aliphatic carbocycles. The van der Waals surface area contributed by atoms with E-state index in [1.165, 1.54) is 17.7 Å². The number of halogens is 1. The molecule has 2 aromatic carbocycles. The highest BCUT2D eigenvalue weighted by Crippen LogP contribution is 2.22. The van der Waals surface area contributed by atoms with Crippen molar-refractivity contribution in [2.45, 2.75) is 38.4 Å². The van der Waals surface area contributed by atoms with Gasteiger partial charge in [-0.3, -0.25) is 14.6 Å². The number of likely N-dealkylation sites (tertiary alicyclic amines) is 1. The van der Waals surface area contributed by atoms with Gasteiger partial charge in [0.25, 0.3) is 0 Å². The number of carbonyl (C=O) groups excluding carboxylic acids is 1. The molecule has 0 spiro atoms. The molecule has 2 aliphatic rings. The lowest BCUT2D eigenvalue weighted by Gasteiger charge is -2.39. The van der Waals surface area contributed by atoms with E-state index in [9.17, 15) is 9.18 Å². The zero-order valence-corrected chi connectivity index (χ0v) is 18.3. The molecule has 1 atom stereocenters. The summed E-state index contributed by atoms with van der Waals surface area (Å²) in [4.78, 5) is 19.6. The standard InChI is InChI=1S/C25H32FN3O2/c1-31-24-7-3-5-21(17-24)18-27-12-14-28(15-13-27)23-8-9-25(30)29(11-10-23)19-20-4-2-6-22(26)16-20/h2-7,16-17,23H,8-15,18-19H2,1H3. The van der Waals surface area contributed by atoms with E-state index in [2.05, 4.69) is 21.9 Å². The van der Waals surface area contributed by atoms with Gasteiger partial charge in [0.05, 0.1) is 7.11 Å². The topological polar surface area (TPSA) is 36.0 Å². The predicted octanol–water partition coefficient (Wildman–Crippen LogP) is 3.53. The van der Waals surface area contributed by atoms with Crippen molar-refractivity contribution in [3.63, 3.8) is 0 Å². The van der Waals surface area contributed by atoms with Gasteiger partial charge in [0.15, 0.2) is 0 Å². The number of ether oxygens (including phenoxy) is 1. The van der Waals surface area contributed by atoms with Gasteiger partial charge < -0.3 is 9.64 Å². The summed E-state index contributed by atoms with van der Waals surface area (Å²) in [6, 6.07) is 15.3. The average Bonchev–Trinajstić information content (AvgIpc) is 2.96. The van der Waals surface area contributed by atoms with Crippen LogP contribution in [0.5, 0.6) is 5.75 Å². The van der Waals surface area contributed by atoms with Crippen molar-refractivity contribution in [1.29, 1.82) is 0 Å². The summed E-state index contributed by atoms with van der Waals surface area (Å²) in [5, 5.41) is 0. The Labute approximate surface area is 184 Å². The molecule has 0 saturated carbocycles. The van der Waals surface area contributed by atoms with E-state index in [0.29, 0.717) is 19.0 Å². The Kier molecular flexibility index (Phi) is 7.20. The molecule has 1 amide bonds. The lowest BCUT2D eigenvalue weighted by atomic mass is 10.1. The number of carbonyl (C=O) groups is 1. The van der Waals surface area contributed by atoms with Gasteiger partial charge in [-0.25, -0.2) is 4.39 Å². The monoisotopic (exact) mass is 425 g/mol. The second-order valence-electron chi connectivity index (χ2n) is 8.59. The normalized spacial score (nSPS) is 21.2. The fourth-order valence-electron chi connectivity index (χ4n) is 4.73. The van der Waals surface area contributed by atoms with Crippen LogP contribution in [-0.4, -0.2) is 66.5 Å². The van der Waals surface area contributed by atoms with E-state index in [-0.39, 0.29) is 11.7 Å². The molecule has 5 nitrogen and oxygen atoms in total. The summed E-state index contributed by atoms with van der Waals surface area (Å²) < 4.78 is 18.8. The summed E-state index contributed by atoms with van der Waals surface area (Å²) in [7, 11) is 1.70. The number of amides is 1. The number of hydrogen-bond donors (Lipinski definition) is 0. The van der Waals surface area contributed by atoms with Gasteiger partial charge >= 0.3 is 0 Å². The van der Waals surface area contributed by atoms with Crippen LogP contribution in [0.4, 0.5) is 4.39 Å². The maximum atomic E-state index is 13.5. The van der Waals surface area contributed by atoms with Crippen molar-refractivity contribution in [3.8, 4) is 5.75 Å². The first-order chi connectivity index (χ1) is 15.1. The van der Waals surface area contributed by atoms with Crippen molar-refractivity contribution in [1.82, 2.24) is 14.7 Å². The molecule has 0 aromatic heterocycles. The van der Waals surface area contributed by atoms with Crippen molar-refractivity contribution in [2.24, 2.45) is 0 Å². The number of nitrogens with zero attached hydrogens (tertiary/aromatic N) is 3. The maximum absolute atomic E-state index is 13.5. The quantitative estimate of drug-likeness (QED) is 0.709. The summed E-state index contributed by atoms with van der Waals surface area (Å²) >= 11 is 0. The molecule has 2 fully saturated rings. The third kappa shape index (κ3) is 5.83. The molecule has 6 heteroatoms. The van der Waals surface area contributed by atoms with Crippen molar-refractivity contribution >= 4 is 5.91 Å². The summed E-state index contributed by atoms with van der Waals surface area (Å²) in [6.07, 6.45) is 2.47. The Balaban J connectivity index is 1.27. The fourth-order valence-corrected chi connectivity index (χ4v) is 4.73. The molecular formula is C25H32FN3O2. The fraction of sp³-hybridized carbons (Fsp3) is 0.480. The zero-order valence-electron chi connectivity index (χ0n) is 18.3. The van der Waals surface area contributed by atoms with Gasteiger partial charge in [0, 0.05) is 58.3 Å². The van der Waals surface area contributed by atoms with E-state index in [4.69, 9.17) is 4.74 Å². The first-order valence-electron chi connectivity index (χ1n) is 11.2. The first-order valence-corrected chi connectivity index (χ1v) is 11.2. The zero-order chi connectivity index (χ0) is 21.6. The van der Waals surface area contributed by atoms with Gasteiger partial charge in [0.2, 0.25) is 5.91 Å². The maximum Gasteiger partial charge on any atom is 0.222 e. The number of rotatable bonds is 6. The Bertz CT molecular complexity index is 883. The van der Waals surface area contributed by atoms with Crippen molar-refractivity contribution in [3.05, 3.63) is 65.5 Å². The number of benzene rings is 2. The second-order valence-corrected chi connectivity index (χ2v) is 8.59. The van der Waals surface area contributed by atoms with Crippen LogP contribution in [0.25, 0.3) is 0 Å². The number of methoxy groups -OCH3 is 1. The van der Waals surface area contributed by atoms with Crippen molar-refractivity contribution < 1.29 is 13.9 Å². The lowest BCUT2D eigenvalue weighted by molar-refractivity contribution is -0.131. The summed E-state index contributed by atoms with van der Waals surface area (Å²) in [6.45, 7) is 6.32. The molecule has 0 radical (unpaired) electrons. The van der Waals surface area contributed by atoms with Gasteiger partial charge in [-0.15, -0.1) is 0 Å². The molecule has 4 rings (SSSR count). The van der Waals surface area contributed by atoms with Gasteiger partial charge in [-0.05, 0) is 48.2 Å². The smallest absolute Gasteiger partial charge is 0.222 e. The molecule has 0 bridgehead atoms. The Morgan fingerprint density at radius 3 is 2.42 bits per heavy atom. The highest BCUT2D eigenvalue weighted by atomic mass is 19.1. The number of piperazine rings is 1. The van der Waals surface area contributed by atoms with E-state index in [0.717, 1.165) is 63.4 Å². The third-order valence-electron chi connectivity index (χ3n) is 6.50. The lowest BCUT2D eigenvalue weighted by Crippen LogP contribution is -2.50. The van der Waals surface area contributed by atoms with E-state index in [1.54, 1.807) is 13.2 Å². The van der Waals surface area contributed by atoms with E-state index < -0.39 is 0 Å². The summed E-state index contributed by atoms with van der Waals surface area (Å²) in [5.41, 5.74) is 2.14. The van der Waals surface area contributed by atoms with E-state index in [1.807, 2.05) is 23.1 Å². The Morgan fingerprint density at radius 2 is 1.68 bits per heavy atom. The molecule has 1 unspecified atom stereocenters. The second kappa shape index (κ2) is 10.2. The highest BCUT2D eigenvalue weighted by Gasteiger charge is 2.28. The van der Waals surface area contributed by atoms with Crippen LogP contribution in [0.1, 0.15) is 30.4 Å². The van der Waals surface area contributed by atoms with Crippen molar-refractivity contribution in [2.75, 3.05) is 39.8 Å². The van der Waals surface area contributed by atoms with Crippen LogP contribution in [-0.2, 0) is 17.9 Å². The molecule has 2 saturated heterocycles. The molecule has 2 aromatic rings. The van der Waals surface area contributed by atoms with Crippen LogP contribution in [0, 0.1) is 5.82 Å².